The monoisotopic (exact) mass is 269 g/mol. The van der Waals surface area contributed by atoms with E-state index in [0.29, 0.717) is 0 Å². The van der Waals surface area contributed by atoms with Crippen LogP contribution in [0.3, 0.4) is 0 Å². The highest BCUT2D eigenvalue weighted by molar-refractivity contribution is 9.10. The molecule has 0 N–H and O–H groups in total. The molecule has 82 valence electrons. The molecule has 0 aromatic carbocycles. The number of rotatable bonds is 4. The van der Waals surface area contributed by atoms with Crippen LogP contribution >= 0.6 is 15.9 Å². The third-order valence-electron chi connectivity index (χ3n) is 2.57. The van der Waals surface area contributed by atoms with Gasteiger partial charge in [0, 0.05) is 12.7 Å². The zero-order valence-corrected chi connectivity index (χ0v) is 11.0. The molecule has 0 bridgehead atoms. The van der Waals surface area contributed by atoms with Crippen molar-refractivity contribution in [2.75, 3.05) is 13.6 Å². The van der Waals surface area contributed by atoms with Crippen molar-refractivity contribution in [3.8, 4) is 12.3 Å². The van der Waals surface area contributed by atoms with E-state index in [4.69, 9.17) is 6.42 Å². The van der Waals surface area contributed by atoms with Crippen molar-refractivity contribution in [2.24, 2.45) is 0 Å². The van der Waals surface area contributed by atoms with Gasteiger partial charge in [-0.2, -0.15) is 5.10 Å². The molecule has 1 heterocycles. The van der Waals surface area contributed by atoms with Crippen molar-refractivity contribution >= 4 is 15.9 Å². The molecule has 0 saturated heterocycles. The Morgan fingerprint density at radius 1 is 1.67 bits per heavy atom. The average molecular weight is 270 g/mol. The number of halogens is 1. The lowest BCUT2D eigenvalue weighted by Crippen LogP contribution is -2.41. The lowest BCUT2D eigenvalue weighted by Gasteiger charge is -2.30. The van der Waals surface area contributed by atoms with Crippen molar-refractivity contribution < 1.29 is 0 Å². The third-order valence-corrected chi connectivity index (χ3v) is 2.98. The Kier molecular flexibility index (Phi) is 3.95. The second-order valence-electron chi connectivity index (χ2n) is 4.05. The van der Waals surface area contributed by atoms with E-state index >= 15 is 0 Å². The Bertz CT molecular complexity index is 362. The summed E-state index contributed by atoms with van der Waals surface area (Å²) in [6.07, 6.45) is 9.20. The van der Waals surface area contributed by atoms with E-state index in [1.165, 1.54) is 0 Å². The van der Waals surface area contributed by atoms with Crippen molar-refractivity contribution in [3.05, 3.63) is 16.9 Å². The van der Waals surface area contributed by atoms with Crippen LogP contribution in [-0.4, -0.2) is 33.8 Å². The number of nitrogens with zero attached hydrogens (tertiary/aromatic N) is 3. The fraction of sp³-hybridized carbons (Fsp3) is 0.545. The first-order valence-electron chi connectivity index (χ1n) is 4.82. The maximum atomic E-state index is 5.46. The number of hydrogen-bond donors (Lipinski definition) is 0. The molecule has 3 nitrogen and oxygen atoms in total. The van der Waals surface area contributed by atoms with Crippen LogP contribution in [0.4, 0.5) is 0 Å². The fourth-order valence-corrected chi connectivity index (χ4v) is 1.43. The van der Waals surface area contributed by atoms with Crippen molar-refractivity contribution in [1.29, 1.82) is 0 Å². The molecule has 0 unspecified atom stereocenters. The van der Waals surface area contributed by atoms with Gasteiger partial charge in [0.1, 0.15) is 0 Å². The highest BCUT2D eigenvalue weighted by Gasteiger charge is 2.19. The SMILES string of the molecule is C#CC(C)(C)N(C)CCn1cc(Br)cn1. The molecule has 0 amide bonds. The number of terminal acetylenes is 1. The third kappa shape index (κ3) is 3.37. The van der Waals surface area contributed by atoms with Crippen LogP contribution < -0.4 is 0 Å². The summed E-state index contributed by atoms with van der Waals surface area (Å²) < 4.78 is 2.90. The smallest absolute Gasteiger partial charge is 0.0764 e. The summed E-state index contributed by atoms with van der Waals surface area (Å²) in [5.41, 5.74) is -0.204. The predicted molar refractivity (Wildman–Crippen MR) is 65.5 cm³/mol. The molecule has 1 aromatic rings. The number of hydrogen-bond acceptors (Lipinski definition) is 2. The predicted octanol–water partition coefficient (Wildman–Crippen LogP) is 1.99. The molecule has 0 aliphatic carbocycles. The van der Waals surface area contributed by atoms with E-state index in [0.717, 1.165) is 17.6 Å². The molecule has 4 heteroatoms. The first-order chi connectivity index (χ1) is 6.95. The lowest BCUT2D eigenvalue weighted by atomic mass is 10.1. The standard InChI is InChI=1S/C11H16BrN3/c1-5-11(2,3)14(4)6-7-15-9-10(12)8-13-15/h1,8-9H,6-7H2,2-4H3. The Morgan fingerprint density at radius 2 is 2.33 bits per heavy atom. The van der Waals surface area contributed by atoms with Crippen LogP contribution in [0.25, 0.3) is 0 Å². The summed E-state index contributed by atoms with van der Waals surface area (Å²) in [6, 6.07) is 0. The normalized spacial score (nSPS) is 11.7. The van der Waals surface area contributed by atoms with Crippen LogP contribution in [0.15, 0.2) is 16.9 Å². The second-order valence-corrected chi connectivity index (χ2v) is 4.96. The van der Waals surface area contributed by atoms with E-state index in [9.17, 15) is 0 Å². The van der Waals surface area contributed by atoms with Gasteiger partial charge in [0.05, 0.1) is 22.8 Å². The van der Waals surface area contributed by atoms with Gasteiger partial charge >= 0.3 is 0 Å². The molecule has 0 atom stereocenters. The lowest BCUT2D eigenvalue weighted by molar-refractivity contribution is 0.203. The van der Waals surface area contributed by atoms with Crippen LogP contribution in [-0.2, 0) is 6.54 Å². The maximum Gasteiger partial charge on any atom is 0.0764 e. The first-order valence-corrected chi connectivity index (χ1v) is 5.62. The summed E-state index contributed by atoms with van der Waals surface area (Å²) in [4.78, 5) is 2.14. The van der Waals surface area contributed by atoms with Crippen molar-refractivity contribution in [2.45, 2.75) is 25.9 Å². The first kappa shape index (κ1) is 12.3. The summed E-state index contributed by atoms with van der Waals surface area (Å²) >= 11 is 3.36. The molecule has 15 heavy (non-hydrogen) atoms. The summed E-state index contributed by atoms with van der Waals surface area (Å²) in [6.45, 7) is 5.79. The highest BCUT2D eigenvalue weighted by Crippen LogP contribution is 2.11. The summed E-state index contributed by atoms with van der Waals surface area (Å²) in [5.74, 6) is 2.77. The minimum absolute atomic E-state index is 0.204. The summed E-state index contributed by atoms with van der Waals surface area (Å²) in [7, 11) is 2.03. The van der Waals surface area contributed by atoms with E-state index in [-0.39, 0.29) is 5.54 Å². The van der Waals surface area contributed by atoms with Crippen LogP contribution in [0.5, 0.6) is 0 Å². The molecule has 0 radical (unpaired) electrons. The molecule has 0 fully saturated rings. The molecule has 1 rings (SSSR count). The van der Waals surface area contributed by atoms with Gasteiger partial charge in [0.25, 0.3) is 0 Å². The fourth-order valence-electron chi connectivity index (χ4n) is 1.10. The molecule has 1 aromatic heterocycles. The topological polar surface area (TPSA) is 21.1 Å². The van der Waals surface area contributed by atoms with E-state index < -0.39 is 0 Å². The van der Waals surface area contributed by atoms with E-state index in [1.54, 1.807) is 6.20 Å². The van der Waals surface area contributed by atoms with Crippen LogP contribution in [0.2, 0.25) is 0 Å². The molecule has 0 aliphatic rings. The zero-order chi connectivity index (χ0) is 11.5. The zero-order valence-electron chi connectivity index (χ0n) is 9.37. The van der Waals surface area contributed by atoms with Gasteiger partial charge < -0.3 is 0 Å². The van der Waals surface area contributed by atoms with Crippen molar-refractivity contribution in [1.82, 2.24) is 14.7 Å². The van der Waals surface area contributed by atoms with Gasteiger partial charge in [0.2, 0.25) is 0 Å². The molecular weight excluding hydrogens is 254 g/mol. The van der Waals surface area contributed by atoms with Crippen molar-refractivity contribution in [3.63, 3.8) is 0 Å². The quantitative estimate of drug-likeness (QED) is 0.780. The molecule has 0 aliphatic heterocycles. The van der Waals surface area contributed by atoms with E-state index in [1.807, 2.05) is 31.8 Å². The summed E-state index contributed by atoms with van der Waals surface area (Å²) in [5, 5.41) is 4.19. The Morgan fingerprint density at radius 3 is 2.80 bits per heavy atom. The molecular formula is C11H16BrN3. The van der Waals surface area contributed by atoms with Crippen LogP contribution in [0, 0.1) is 12.3 Å². The number of aromatic nitrogens is 2. The maximum absolute atomic E-state index is 5.46. The molecule has 0 spiro atoms. The van der Waals surface area contributed by atoms with Gasteiger partial charge in [-0.3, -0.25) is 9.58 Å². The minimum atomic E-state index is -0.204. The van der Waals surface area contributed by atoms with Gasteiger partial charge in [-0.15, -0.1) is 6.42 Å². The minimum Gasteiger partial charge on any atom is -0.289 e. The Labute approximate surface area is 99.6 Å². The van der Waals surface area contributed by atoms with Gasteiger partial charge in [0.15, 0.2) is 0 Å². The molecule has 0 saturated carbocycles. The number of likely N-dealkylation sites (N-methyl/N-ethyl adjacent to an activating group) is 1. The van der Waals surface area contributed by atoms with Crippen LogP contribution in [0.1, 0.15) is 13.8 Å². The average Bonchev–Trinajstić information content (AvgIpc) is 2.60. The highest BCUT2D eigenvalue weighted by atomic mass is 79.9. The Balaban J connectivity index is 2.48. The largest absolute Gasteiger partial charge is 0.289 e. The van der Waals surface area contributed by atoms with Gasteiger partial charge in [-0.25, -0.2) is 0 Å². The van der Waals surface area contributed by atoms with E-state index in [2.05, 4.69) is 31.8 Å². The second kappa shape index (κ2) is 4.82. The Hall–Kier alpha value is -0.790. The van der Waals surface area contributed by atoms with Gasteiger partial charge in [-0.1, -0.05) is 5.92 Å². The van der Waals surface area contributed by atoms with Gasteiger partial charge in [-0.05, 0) is 36.8 Å².